The molecule has 0 spiro atoms. The van der Waals surface area contributed by atoms with Crippen LogP contribution >= 0.6 is 0 Å². The average Bonchev–Trinajstić information content (AvgIpc) is 3.29. The van der Waals surface area contributed by atoms with Crippen molar-refractivity contribution < 1.29 is 18.9 Å². The zero-order chi connectivity index (χ0) is 22.1. The maximum Gasteiger partial charge on any atom is 0.217 e. The van der Waals surface area contributed by atoms with Crippen molar-refractivity contribution >= 4 is 5.71 Å². The van der Waals surface area contributed by atoms with Crippen molar-refractivity contribution in [3.05, 3.63) is 83.4 Å². The number of rotatable bonds is 6. The summed E-state index contributed by atoms with van der Waals surface area (Å²) in [6.07, 6.45) is 0.388. The summed E-state index contributed by atoms with van der Waals surface area (Å²) in [5, 5.41) is 7.10. The third-order valence-electron chi connectivity index (χ3n) is 5.90. The topological polar surface area (TPSA) is 52.5 Å². The number of nitrogens with zero attached hydrogens (tertiary/aromatic N) is 2. The Labute approximate surface area is 188 Å². The monoisotopic (exact) mass is 430 g/mol. The first-order chi connectivity index (χ1) is 15.7. The van der Waals surface area contributed by atoms with Gasteiger partial charge in [0.1, 0.15) is 11.5 Å². The highest BCUT2D eigenvalue weighted by molar-refractivity contribution is 6.02. The van der Waals surface area contributed by atoms with Crippen molar-refractivity contribution in [2.75, 3.05) is 20.8 Å². The number of benzene rings is 3. The molecule has 5 rings (SSSR count). The lowest BCUT2D eigenvalue weighted by molar-refractivity contribution is -0.0205. The van der Waals surface area contributed by atoms with Gasteiger partial charge >= 0.3 is 0 Å². The molecule has 164 valence electrons. The molecule has 0 amide bonds. The summed E-state index contributed by atoms with van der Waals surface area (Å²) in [4.78, 5) is 0. The zero-order valence-electron chi connectivity index (χ0n) is 18.4. The molecule has 2 atom stereocenters. The fraction of sp³-hybridized carbons (Fsp3) is 0.269. The third kappa shape index (κ3) is 3.42. The van der Waals surface area contributed by atoms with Crippen molar-refractivity contribution in [2.24, 2.45) is 5.10 Å². The lowest BCUT2D eigenvalue weighted by atomic mass is 9.95. The minimum atomic E-state index is -0.379. The minimum absolute atomic E-state index is 0.0720. The summed E-state index contributed by atoms with van der Waals surface area (Å²) in [5.74, 6) is 3.08. The van der Waals surface area contributed by atoms with Crippen molar-refractivity contribution in [3.63, 3.8) is 0 Å². The Kier molecular flexibility index (Phi) is 5.35. The van der Waals surface area contributed by atoms with Gasteiger partial charge in [-0.25, -0.2) is 5.01 Å². The Bertz CT molecular complexity index is 1160. The smallest absolute Gasteiger partial charge is 0.217 e. The molecule has 0 unspecified atom stereocenters. The van der Waals surface area contributed by atoms with Crippen LogP contribution in [-0.2, 0) is 0 Å². The molecule has 0 bridgehead atoms. The van der Waals surface area contributed by atoms with Crippen LogP contribution in [0.4, 0.5) is 0 Å². The molecule has 0 aliphatic carbocycles. The van der Waals surface area contributed by atoms with E-state index in [1.165, 1.54) is 0 Å². The largest absolute Gasteiger partial charge is 0.493 e. The van der Waals surface area contributed by atoms with E-state index in [0.717, 1.165) is 40.3 Å². The second-order valence-electron chi connectivity index (χ2n) is 7.70. The van der Waals surface area contributed by atoms with Gasteiger partial charge in [0.2, 0.25) is 6.23 Å². The van der Waals surface area contributed by atoms with Crippen molar-refractivity contribution in [1.29, 1.82) is 0 Å². The Balaban J connectivity index is 1.58. The fourth-order valence-electron chi connectivity index (χ4n) is 4.40. The maximum atomic E-state index is 6.48. The van der Waals surface area contributed by atoms with Gasteiger partial charge in [0.25, 0.3) is 0 Å². The summed E-state index contributed by atoms with van der Waals surface area (Å²) >= 11 is 0. The van der Waals surface area contributed by atoms with E-state index in [2.05, 4.69) is 11.1 Å². The third-order valence-corrected chi connectivity index (χ3v) is 5.90. The van der Waals surface area contributed by atoms with Gasteiger partial charge in [-0.05, 0) is 43.3 Å². The van der Waals surface area contributed by atoms with Crippen LogP contribution < -0.4 is 18.9 Å². The molecule has 0 fully saturated rings. The van der Waals surface area contributed by atoms with Crippen LogP contribution in [0.5, 0.6) is 23.0 Å². The molecule has 0 aromatic heterocycles. The van der Waals surface area contributed by atoms with Gasteiger partial charge < -0.3 is 18.9 Å². The van der Waals surface area contributed by atoms with Gasteiger partial charge in [-0.1, -0.05) is 30.3 Å². The first-order valence-corrected chi connectivity index (χ1v) is 10.8. The normalized spacial score (nSPS) is 18.8. The van der Waals surface area contributed by atoms with Gasteiger partial charge in [0, 0.05) is 17.5 Å². The minimum Gasteiger partial charge on any atom is -0.493 e. The van der Waals surface area contributed by atoms with Crippen LogP contribution in [0.2, 0.25) is 0 Å². The van der Waals surface area contributed by atoms with Gasteiger partial charge in [0.15, 0.2) is 11.5 Å². The molecule has 3 aromatic rings. The number of hydrogen-bond acceptors (Lipinski definition) is 6. The molecule has 32 heavy (non-hydrogen) atoms. The Hall–Kier alpha value is -3.67. The summed E-state index contributed by atoms with van der Waals surface area (Å²) in [6.45, 7) is 2.57. The second-order valence-corrected chi connectivity index (χ2v) is 7.70. The second kappa shape index (κ2) is 8.46. The molecular formula is C26H26N2O4. The van der Waals surface area contributed by atoms with E-state index >= 15 is 0 Å². The number of ether oxygens (including phenoxy) is 4. The summed E-state index contributed by atoms with van der Waals surface area (Å²) in [7, 11) is 3.28. The number of fused-ring (bicyclic) bond motifs is 3. The van der Waals surface area contributed by atoms with Crippen molar-refractivity contribution in [1.82, 2.24) is 5.01 Å². The van der Waals surface area contributed by atoms with Crippen LogP contribution in [0.25, 0.3) is 0 Å². The van der Waals surface area contributed by atoms with Crippen LogP contribution in [-0.4, -0.2) is 31.5 Å². The quantitative estimate of drug-likeness (QED) is 0.528. The van der Waals surface area contributed by atoms with E-state index < -0.39 is 0 Å². The van der Waals surface area contributed by atoms with Gasteiger partial charge in [0.05, 0.1) is 38.1 Å². The molecule has 2 heterocycles. The summed E-state index contributed by atoms with van der Waals surface area (Å²) < 4.78 is 23.3. The predicted octanol–water partition coefficient (Wildman–Crippen LogP) is 5.34. The van der Waals surface area contributed by atoms with Crippen molar-refractivity contribution in [2.45, 2.75) is 25.6 Å². The van der Waals surface area contributed by atoms with E-state index in [1.807, 2.05) is 67.6 Å². The molecule has 3 aromatic carbocycles. The first-order valence-electron chi connectivity index (χ1n) is 10.8. The number of methoxy groups -OCH3 is 2. The van der Waals surface area contributed by atoms with E-state index in [0.29, 0.717) is 18.1 Å². The highest BCUT2D eigenvalue weighted by atomic mass is 16.5. The van der Waals surface area contributed by atoms with E-state index in [4.69, 9.17) is 24.0 Å². The number of hydrogen-bond donors (Lipinski definition) is 0. The van der Waals surface area contributed by atoms with E-state index in [-0.39, 0.29) is 12.3 Å². The van der Waals surface area contributed by atoms with Crippen LogP contribution in [0.3, 0.4) is 0 Å². The molecule has 0 N–H and O–H groups in total. The van der Waals surface area contributed by atoms with Crippen LogP contribution in [0.15, 0.2) is 71.8 Å². The lowest BCUT2D eigenvalue weighted by Crippen LogP contribution is -2.34. The molecule has 0 saturated heterocycles. The van der Waals surface area contributed by atoms with Gasteiger partial charge in [-0.2, -0.15) is 5.10 Å². The molecular weight excluding hydrogens is 404 g/mol. The predicted molar refractivity (Wildman–Crippen MR) is 123 cm³/mol. The zero-order valence-corrected chi connectivity index (χ0v) is 18.4. The van der Waals surface area contributed by atoms with Crippen molar-refractivity contribution in [3.8, 4) is 23.0 Å². The number of para-hydroxylation sites is 2. The molecule has 6 nitrogen and oxygen atoms in total. The summed E-state index contributed by atoms with van der Waals surface area (Å²) in [5.41, 5.74) is 4.09. The fourth-order valence-corrected chi connectivity index (χ4v) is 4.40. The standard InChI is InChI=1S/C26H26N2O4/c1-4-31-22-11-7-6-10-19(22)26-28-21(18-9-5-8-12-23(18)32-26)16-20(27-28)17-13-14-24(29-2)25(15-17)30-3/h5-15,21,26H,4,16H2,1-3H3/t21-,26-/m0/s1. The Morgan fingerprint density at radius 2 is 1.66 bits per heavy atom. The maximum absolute atomic E-state index is 6.48. The molecule has 2 aliphatic rings. The van der Waals surface area contributed by atoms with Crippen LogP contribution in [0, 0.1) is 0 Å². The van der Waals surface area contributed by atoms with Crippen LogP contribution in [0.1, 0.15) is 42.3 Å². The molecule has 0 radical (unpaired) electrons. The number of hydrazone groups is 1. The highest BCUT2D eigenvalue weighted by Crippen LogP contribution is 2.49. The first kappa shape index (κ1) is 20.2. The Morgan fingerprint density at radius 3 is 2.44 bits per heavy atom. The Morgan fingerprint density at radius 1 is 0.906 bits per heavy atom. The van der Waals surface area contributed by atoms with Gasteiger partial charge in [-0.15, -0.1) is 0 Å². The van der Waals surface area contributed by atoms with E-state index in [9.17, 15) is 0 Å². The molecule has 0 saturated carbocycles. The van der Waals surface area contributed by atoms with E-state index in [1.54, 1.807) is 14.2 Å². The highest BCUT2D eigenvalue weighted by Gasteiger charge is 2.41. The van der Waals surface area contributed by atoms with Gasteiger partial charge in [-0.3, -0.25) is 0 Å². The lowest BCUT2D eigenvalue weighted by Gasteiger charge is -2.38. The molecule has 2 aliphatic heterocycles. The summed E-state index contributed by atoms with van der Waals surface area (Å²) in [6, 6.07) is 22.2. The average molecular weight is 431 g/mol. The molecule has 6 heteroatoms. The SMILES string of the molecule is CCOc1ccccc1[C@@H]1Oc2ccccc2[C@@H]2CC(c3ccc(OC)c(OC)c3)=NN21.